The number of halogens is 5. The van der Waals surface area contributed by atoms with Crippen molar-refractivity contribution in [1.29, 1.82) is 0 Å². The fourth-order valence-corrected chi connectivity index (χ4v) is 2.40. The summed E-state index contributed by atoms with van der Waals surface area (Å²) >= 11 is 5.67. The molecule has 0 aromatic heterocycles. The fourth-order valence-electron chi connectivity index (χ4n) is 2.23. The predicted molar refractivity (Wildman–Crippen MR) is 98.1 cm³/mol. The maximum Gasteiger partial charge on any atom is 0.419 e. The number of aryl methyl sites for hydroxylation is 2. The molecule has 0 atom stereocenters. The molecule has 0 heterocycles. The van der Waals surface area contributed by atoms with Gasteiger partial charge in [-0.25, -0.2) is 9.18 Å². The monoisotopic (exact) mass is 405 g/mol. The zero-order chi connectivity index (χ0) is 20.9. The Morgan fingerprint density at radius 2 is 1.59 bits per heavy atom. The second-order valence-corrected chi connectivity index (χ2v) is 5.87. The van der Waals surface area contributed by atoms with Crippen LogP contribution in [0.4, 0.5) is 28.0 Å². The minimum atomic E-state index is -4.49. The van der Waals surface area contributed by atoms with Gasteiger partial charge in [-0.1, -0.05) is 25.4 Å². The van der Waals surface area contributed by atoms with E-state index in [-0.39, 0.29) is 27.6 Å². The Bertz CT molecular complexity index is 799. The molecule has 0 aliphatic carbocycles. The van der Waals surface area contributed by atoms with Gasteiger partial charge in [-0.05, 0) is 55.3 Å². The van der Waals surface area contributed by atoms with Gasteiger partial charge in [0.25, 0.3) is 0 Å². The summed E-state index contributed by atoms with van der Waals surface area (Å²) in [7, 11) is 1.38. The number of benzene rings is 2. The molecule has 0 aliphatic rings. The molecule has 2 aromatic rings. The highest BCUT2D eigenvalue weighted by molar-refractivity contribution is 6.31. The van der Waals surface area contributed by atoms with Gasteiger partial charge < -0.3 is 4.74 Å². The van der Waals surface area contributed by atoms with Crippen LogP contribution in [0.1, 0.15) is 30.5 Å². The fraction of sp³-hybridized carbons (Fsp3) is 0.316. The number of rotatable bonds is 2. The maximum absolute atomic E-state index is 13.2. The Kier molecular flexibility index (Phi) is 7.65. The molecule has 0 spiro atoms. The molecular weight excluding hydrogens is 386 g/mol. The molecule has 0 unspecified atom stereocenters. The Labute approximate surface area is 160 Å². The van der Waals surface area contributed by atoms with Gasteiger partial charge in [0.2, 0.25) is 0 Å². The summed E-state index contributed by atoms with van der Waals surface area (Å²) in [4.78, 5) is 13.3. The summed E-state index contributed by atoms with van der Waals surface area (Å²) in [5, 5.41) is -0.168. The second kappa shape index (κ2) is 9.08. The number of hydrogen-bond donors (Lipinski definition) is 0. The van der Waals surface area contributed by atoms with E-state index in [0.717, 1.165) is 23.1 Å². The molecule has 0 radical (unpaired) electrons. The third-order valence-corrected chi connectivity index (χ3v) is 3.83. The average molecular weight is 406 g/mol. The third-order valence-electron chi connectivity index (χ3n) is 3.54. The quantitative estimate of drug-likeness (QED) is 0.515. The van der Waals surface area contributed by atoms with Crippen LogP contribution in [0.15, 0.2) is 30.3 Å². The van der Waals surface area contributed by atoms with Crippen molar-refractivity contribution in [3.05, 3.63) is 57.9 Å². The highest BCUT2D eigenvalue weighted by Gasteiger charge is 2.32. The number of carbonyl (C=O) groups excluding carboxylic acids is 1. The van der Waals surface area contributed by atoms with Crippen molar-refractivity contribution in [2.24, 2.45) is 0 Å². The average Bonchev–Trinajstić information content (AvgIpc) is 2.60. The van der Waals surface area contributed by atoms with Gasteiger partial charge in [-0.2, -0.15) is 13.2 Å². The summed E-state index contributed by atoms with van der Waals surface area (Å²) in [6.45, 7) is 6.83. The van der Waals surface area contributed by atoms with Crippen molar-refractivity contribution in [1.82, 2.24) is 0 Å². The minimum absolute atomic E-state index is 0.0399. The van der Waals surface area contributed by atoms with Crippen molar-refractivity contribution in [2.45, 2.75) is 33.9 Å². The van der Waals surface area contributed by atoms with Crippen LogP contribution >= 0.6 is 11.6 Å². The number of alkyl halides is 3. The van der Waals surface area contributed by atoms with Crippen molar-refractivity contribution in [3.8, 4) is 5.75 Å². The highest BCUT2D eigenvalue weighted by Crippen LogP contribution is 2.35. The molecule has 1 amide bonds. The minimum Gasteiger partial charge on any atom is -0.409 e. The van der Waals surface area contributed by atoms with Crippen LogP contribution in [-0.4, -0.2) is 13.1 Å². The Hall–Kier alpha value is -2.28. The molecule has 2 rings (SSSR count). The van der Waals surface area contributed by atoms with Gasteiger partial charge in [0, 0.05) is 12.7 Å². The lowest BCUT2D eigenvalue weighted by Gasteiger charge is -2.20. The van der Waals surface area contributed by atoms with E-state index >= 15 is 0 Å². The van der Waals surface area contributed by atoms with E-state index in [1.54, 1.807) is 0 Å². The standard InChI is InChI=1S/C17H14ClF4NO2.C2H6/c1-9-6-11(17(20,21)22)7-10(2)15(9)25-16(24)23(3)12-4-5-14(19)13(18)8-12;1-2/h4-8H,1-3H3;1-2H3. The zero-order valence-corrected chi connectivity index (χ0v) is 16.3. The van der Waals surface area contributed by atoms with Crippen LogP contribution in [0.2, 0.25) is 5.02 Å². The zero-order valence-electron chi connectivity index (χ0n) is 15.5. The first-order valence-electron chi connectivity index (χ1n) is 8.09. The van der Waals surface area contributed by atoms with Gasteiger partial charge in [0.15, 0.2) is 0 Å². The van der Waals surface area contributed by atoms with Gasteiger partial charge in [0.1, 0.15) is 11.6 Å². The Balaban J connectivity index is 0.00000176. The van der Waals surface area contributed by atoms with E-state index in [2.05, 4.69) is 0 Å². The number of nitrogens with zero attached hydrogens (tertiary/aromatic N) is 1. The number of ether oxygens (including phenoxy) is 1. The van der Waals surface area contributed by atoms with E-state index < -0.39 is 23.7 Å². The number of carbonyl (C=O) groups is 1. The van der Waals surface area contributed by atoms with Crippen molar-refractivity contribution < 1.29 is 27.1 Å². The molecule has 0 fully saturated rings. The summed E-state index contributed by atoms with van der Waals surface area (Å²) in [5.74, 6) is -0.598. The molecule has 0 saturated heterocycles. The topological polar surface area (TPSA) is 29.5 Å². The molecule has 148 valence electrons. The molecule has 0 bridgehead atoms. The van der Waals surface area contributed by atoms with Crippen LogP contribution in [0.3, 0.4) is 0 Å². The van der Waals surface area contributed by atoms with E-state index in [1.807, 2.05) is 13.8 Å². The molecule has 0 N–H and O–H groups in total. The molecule has 3 nitrogen and oxygen atoms in total. The molecule has 2 aromatic carbocycles. The van der Waals surface area contributed by atoms with E-state index in [4.69, 9.17) is 16.3 Å². The van der Waals surface area contributed by atoms with E-state index in [9.17, 15) is 22.4 Å². The maximum atomic E-state index is 13.2. The summed E-state index contributed by atoms with van der Waals surface area (Å²) in [5.41, 5.74) is -0.197. The predicted octanol–water partition coefficient (Wildman–Crippen LogP) is 6.78. The van der Waals surface area contributed by atoms with Crippen LogP contribution in [0.25, 0.3) is 0 Å². The Morgan fingerprint density at radius 3 is 2.04 bits per heavy atom. The molecule has 8 heteroatoms. The first kappa shape index (κ1) is 22.8. The van der Waals surface area contributed by atoms with Gasteiger partial charge in [-0.3, -0.25) is 4.90 Å². The van der Waals surface area contributed by atoms with E-state index in [1.165, 1.54) is 33.0 Å². The lowest BCUT2D eigenvalue weighted by atomic mass is 10.1. The van der Waals surface area contributed by atoms with Crippen molar-refractivity contribution in [3.63, 3.8) is 0 Å². The molecule has 0 aliphatic heterocycles. The van der Waals surface area contributed by atoms with Gasteiger partial charge in [-0.15, -0.1) is 0 Å². The lowest BCUT2D eigenvalue weighted by Crippen LogP contribution is -2.30. The summed E-state index contributed by atoms with van der Waals surface area (Å²) in [6.07, 6.45) is -5.33. The first-order chi connectivity index (χ1) is 12.5. The number of amides is 1. The molecule has 0 saturated carbocycles. The largest absolute Gasteiger partial charge is 0.419 e. The van der Waals surface area contributed by atoms with Crippen molar-refractivity contribution >= 4 is 23.4 Å². The summed E-state index contributed by atoms with van der Waals surface area (Å²) < 4.78 is 56.8. The third kappa shape index (κ3) is 5.60. The van der Waals surface area contributed by atoms with Crippen LogP contribution in [0, 0.1) is 19.7 Å². The molecule has 27 heavy (non-hydrogen) atoms. The number of anilines is 1. The number of hydrogen-bond acceptors (Lipinski definition) is 2. The Morgan fingerprint density at radius 1 is 1.07 bits per heavy atom. The molecular formula is C19H20ClF4NO2. The van der Waals surface area contributed by atoms with Crippen molar-refractivity contribution in [2.75, 3.05) is 11.9 Å². The van der Waals surface area contributed by atoms with Crippen LogP contribution in [-0.2, 0) is 6.18 Å². The van der Waals surface area contributed by atoms with Gasteiger partial charge in [0.05, 0.1) is 10.6 Å². The lowest BCUT2D eigenvalue weighted by molar-refractivity contribution is -0.137. The van der Waals surface area contributed by atoms with Crippen LogP contribution < -0.4 is 9.64 Å². The highest BCUT2D eigenvalue weighted by atomic mass is 35.5. The summed E-state index contributed by atoms with van der Waals surface area (Å²) in [6, 6.07) is 5.48. The van der Waals surface area contributed by atoms with Gasteiger partial charge >= 0.3 is 12.3 Å². The van der Waals surface area contributed by atoms with Crippen LogP contribution in [0.5, 0.6) is 5.75 Å². The first-order valence-corrected chi connectivity index (χ1v) is 8.47. The van der Waals surface area contributed by atoms with E-state index in [0.29, 0.717) is 0 Å². The normalized spacial score (nSPS) is 10.7. The second-order valence-electron chi connectivity index (χ2n) is 5.46. The smallest absolute Gasteiger partial charge is 0.409 e. The SMILES string of the molecule is CC.Cc1cc(C(F)(F)F)cc(C)c1OC(=O)N(C)c1ccc(F)c(Cl)c1.